The van der Waals surface area contributed by atoms with Crippen LogP contribution in [0, 0.1) is 5.92 Å². The fraction of sp³-hybridized carbons (Fsp3) is 0.464. The molecular formula is C28H31F3N6O. The lowest BCUT2D eigenvalue weighted by molar-refractivity contribution is -0.136. The summed E-state index contributed by atoms with van der Waals surface area (Å²) in [5, 5.41) is 8.29. The van der Waals surface area contributed by atoms with Crippen LogP contribution in [0.5, 0.6) is 0 Å². The first-order valence-electron chi connectivity index (χ1n) is 13.2. The van der Waals surface area contributed by atoms with Gasteiger partial charge in [0.05, 0.1) is 11.0 Å². The van der Waals surface area contributed by atoms with Crippen LogP contribution in [0.4, 0.5) is 13.2 Å². The summed E-state index contributed by atoms with van der Waals surface area (Å²) in [6.07, 6.45) is 2.94. The Morgan fingerprint density at radius 3 is 2.66 bits per heavy atom. The molecule has 2 fully saturated rings. The van der Waals surface area contributed by atoms with E-state index in [9.17, 15) is 18.0 Å². The molecule has 0 amide bonds. The molecule has 0 radical (unpaired) electrons. The Bertz CT molecular complexity index is 1540. The normalized spacial score (nSPS) is 20.1. The predicted molar refractivity (Wildman–Crippen MR) is 138 cm³/mol. The van der Waals surface area contributed by atoms with Crippen LogP contribution < -0.4 is 5.56 Å². The topological polar surface area (TPSA) is 71.7 Å². The molecule has 1 aliphatic heterocycles. The van der Waals surface area contributed by atoms with E-state index in [1.807, 2.05) is 23.7 Å². The van der Waals surface area contributed by atoms with Crippen molar-refractivity contribution < 1.29 is 13.2 Å². The molecule has 1 saturated heterocycles. The summed E-state index contributed by atoms with van der Waals surface area (Å²) >= 11 is 0. The molecule has 0 bridgehead atoms. The zero-order valence-corrected chi connectivity index (χ0v) is 21.6. The van der Waals surface area contributed by atoms with Crippen LogP contribution in [0.1, 0.15) is 61.7 Å². The number of likely N-dealkylation sites (tertiary alicyclic amines) is 1. The van der Waals surface area contributed by atoms with E-state index in [2.05, 4.69) is 27.0 Å². The molecule has 10 heteroatoms. The van der Waals surface area contributed by atoms with Gasteiger partial charge in [0, 0.05) is 43.1 Å². The van der Waals surface area contributed by atoms with E-state index >= 15 is 0 Å². The second kappa shape index (κ2) is 9.11. The fourth-order valence-corrected chi connectivity index (χ4v) is 6.28. The summed E-state index contributed by atoms with van der Waals surface area (Å²) < 4.78 is 45.8. The summed E-state index contributed by atoms with van der Waals surface area (Å²) in [4.78, 5) is 18.9. The Morgan fingerprint density at radius 1 is 1.18 bits per heavy atom. The summed E-state index contributed by atoms with van der Waals surface area (Å²) in [6.45, 7) is 4.47. The van der Waals surface area contributed by atoms with E-state index < -0.39 is 17.3 Å². The number of benzene rings is 1. The van der Waals surface area contributed by atoms with Crippen molar-refractivity contribution in [3.8, 4) is 5.69 Å². The molecule has 2 aliphatic rings. The van der Waals surface area contributed by atoms with Crippen molar-refractivity contribution >= 4 is 10.9 Å². The maximum atomic E-state index is 14.3. The van der Waals surface area contributed by atoms with Crippen LogP contribution >= 0.6 is 0 Å². The number of aromatic amines is 1. The fourth-order valence-electron chi connectivity index (χ4n) is 6.28. The van der Waals surface area contributed by atoms with Gasteiger partial charge >= 0.3 is 6.18 Å². The monoisotopic (exact) mass is 524 g/mol. The maximum Gasteiger partial charge on any atom is 0.418 e. The molecule has 4 heterocycles. The Morgan fingerprint density at radius 2 is 2.00 bits per heavy atom. The molecule has 1 aliphatic carbocycles. The number of fused-ring (bicyclic) bond motifs is 1. The molecule has 200 valence electrons. The van der Waals surface area contributed by atoms with Crippen LogP contribution in [0.15, 0.2) is 47.7 Å². The molecule has 6 rings (SSSR count). The van der Waals surface area contributed by atoms with Crippen molar-refractivity contribution in [1.82, 2.24) is 29.2 Å². The smallest absolute Gasteiger partial charge is 0.353 e. The summed E-state index contributed by atoms with van der Waals surface area (Å²) in [7, 11) is 1.89. The molecule has 0 unspecified atom stereocenters. The highest BCUT2D eigenvalue weighted by Crippen LogP contribution is 2.48. The number of hydrogen-bond acceptors (Lipinski definition) is 4. The third-order valence-corrected chi connectivity index (χ3v) is 8.32. The Balaban J connectivity index is 1.45. The number of H-pyrrole nitrogens is 1. The van der Waals surface area contributed by atoms with Crippen LogP contribution in [-0.4, -0.2) is 42.3 Å². The Kier molecular flexibility index (Phi) is 5.97. The van der Waals surface area contributed by atoms with Gasteiger partial charge < -0.3 is 9.55 Å². The zero-order valence-electron chi connectivity index (χ0n) is 21.6. The molecule has 1 atom stereocenters. The quantitative estimate of drug-likeness (QED) is 0.391. The number of aromatic nitrogens is 5. The average Bonchev–Trinajstić information content (AvgIpc) is 3.45. The number of pyridine rings is 1. The average molecular weight is 525 g/mol. The van der Waals surface area contributed by atoms with Crippen molar-refractivity contribution in [2.24, 2.45) is 13.0 Å². The highest BCUT2D eigenvalue weighted by molar-refractivity contribution is 5.84. The van der Waals surface area contributed by atoms with Gasteiger partial charge in [-0.25, -0.2) is 0 Å². The van der Waals surface area contributed by atoms with Crippen LogP contribution in [-0.2, 0) is 25.2 Å². The van der Waals surface area contributed by atoms with E-state index in [1.165, 1.54) is 6.07 Å². The van der Waals surface area contributed by atoms with Gasteiger partial charge in [-0.1, -0.05) is 25.5 Å². The second-order valence-corrected chi connectivity index (χ2v) is 11.0. The first kappa shape index (κ1) is 24.9. The molecule has 1 aromatic carbocycles. The van der Waals surface area contributed by atoms with Crippen molar-refractivity contribution in [3.05, 3.63) is 75.9 Å². The number of nitrogens with one attached hydrogen (secondary N) is 1. The van der Waals surface area contributed by atoms with E-state index in [0.717, 1.165) is 67.3 Å². The van der Waals surface area contributed by atoms with Crippen molar-refractivity contribution in [1.29, 1.82) is 0 Å². The number of halogens is 3. The van der Waals surface area contributed by atoms with Crippen molar-refractivity contribution in [3.63, 3.8) is 0 Å². The van der Waals surface area contributed by atoms with E-state index in [4.69, 9.17) is 0 Å². The lowest BCUT2D eigenvalue weighted by Gasteiger charge is -2.41. The molecule has 3 aromatic heterocycles. The largest absolute Gasteiger partial charge is 0.418 e. The minimum Gasteiger partial charge on any atom is -0.353 e. The van der Waals surface area contributed by atoms with Gasteiger partial charge in [-0.05, 0) is 61.9 Å². The first-order valence-corrected chi connectivity index (χ1v) is 13.2. The van der Waals surface area contributed by atoms with Gasteiger partial charge in [-0.3, -0.25) is 14.3 Å². The van der Waals surface area contributed by atoms with E-state index in [-0.39, 0.29) is 16.3 Å². The van der Waals surface area contributed by atoms with E-state index in [0.29, 0.717) is 23.8 Å². The summed E-state index contributed by atoms with van der Waals surface area (Å²) in [5.41, 5.74) is 0.241. The highest BCUT2D eigenvalue weighted by Gasteiger charge is 2.44. The number of rotatable bonds is 5. The lowest BCUT2D eigenvalue weighted by atomic mass is 9.63. The van der Waals surface area contributed by atoms with Crippen LogP contribution in [0.2, 0.25) is 0 Å². The minimum atomic E-state index is -4.61. The number of hydrogen-bond donors (Lipinski definition) is 1. The molecule has 7 nitrogen and oxygen atoms in total. The van der Waals surface area contributed by atoms with Gasteiger partial charge in [0.25, 0.3) is 5.56 Å². The van der Waals surface area contributed by atoms with Crippen molar-refractivity contribution in [2.45, 2.75) is 57.2 Å². The number of aryl methyl sites for hydroxylation is 1. The van der Waals surface area contributed by atoms with Gasteiger partial charge in [0.1, 0.15) is 17.7 Å². The number of alkyl halides is 3. The summed E-state index contributed by atoms with van der Waals surface area (Å²) in [5.74, 6) is 1.37. The van der Waals surface area contributed by atoms with E-state index in [1.54, 1.807) is 18.5 Å². The SMILES string of the molecule is C[C@H]1CCCN(Cc2cc3c(C(F)(F)F)cn(-c4cccc(C5(c6nncn6C)CCC5)c4)c(=O)c3[nH]2)C1. The molecule has 1 N–H and O–H groups in total. The molecule has 1 saturated carbocycles. The highest BCUT2D eigenvalue weighted by atomic mass is 19.4. The number of nitrogens with zero attached hydrogens (tertiary/aromatic N) is 5. The van der Waals surface area contributed by atoms with Gasteiger partial charge in [0.2, 0.25) is 0 Å². The maximum absolute atomic E-state index is 14.3. The lowest BCUT2D eigenvalue weighted by Crippen LogP contribution is -2.38. The third kappa shape index (κ3) is 4.15. The minimum absolute atomic E-state index is 0.0167. The second-order valence-electron chi connectivity index (χ2n) is 11.0. The molecular weight excluding hydrogens is 493 g/mol. The zero-order chi connectivity index (χ0) is 26.7. The van der Waals surface area contributed by atoms with Gasteiger partial charge in [-0.2, -0.15) is 13.2 Å². The first-order chi connectivity index (χ1) is 18.2. The van der Waals surface area contributed by atoms with Gasteiger partial charge in [0.15, 0.2) is 0 Å². The van der Waals surface area contributed by atoms with Crippen LogP contribution in [0.25, 0.3) is 16.6 Å². The molecule has 0 spiro atoms. The third-order valence-electron chi connectivity index (χ3n) is 8.32. The summed E-state index contributed by atoms with van der Waals surface area (Å²) in [6, 6.07) is 8.75. The Labute approximate surface area is 218 Å². The Hall–Kier alpha value is -3.40. The number of piperidine rings is 1. The molecule has 38 heavy (non-hydrogen) atoms. The standard InChI is InChI=1S/C28H31F3N6O/c1-18-6-4-11-36(14-18)15-20-13-22-23(28(29,30)31)16-37(25(38)24(22)33-20)21-8-3-7-19(12-21)27(9-5-10-27)26-34-32-17-35(26)2/h3,7-8,12-13,16-18,33H,4-6,9-11,14-15H2,1-2H3/t18-/m0/s1. The van der Waals surface area contributed by atoms with Crippen LogP contribution in [0.3, 0.4) is 0 Å². The molecule has 4 aromatic rings. The van der Waals surface area contributed by atoms with Gasteiger partial charge in [-0.15, -0.1) is 10.2 Å². The van der Waals surface area contributed by atoms with Crippen molar-refractivity contribution in [2.75, 3.05) is 13.1 Å². The predicted octanol–water partition coefficient (Wildman–Crippen LogP) is 5.17.